The minimum absolute atomic E-state index is 0.757. The molecule has 33 heavy (non-hydrogen) atoms. The Hall–Kier alpha value is -2.20. The van der Waals surface area contributed by atoms with Crippen LogP contribution in [0.3, 0.4) is 0 Å². The number of nitrogens with two attached hydrogens (primary N) is 1. The lowest BCUT2D eigenvalue weighted by atomic mass is 10.0. The van der Waals surface area contributed by atoms with E-state index in [1.165, 1.54) is 48.8 Å². The number of hydrogen-bond acceptors (Lipinski definition) is 4. The summed E-state index contributed by atoms with van der Waals surface area (Å²) in [6, 6.07) is 8.66. The summed E-state index contributed by atoms with van der Waals surface area (Å²) in [4.78, 5) is 0. The van der Waals surface area contributed by atoms with Crippen LogP contribution in [0.5, 0.6) is 0 Å². The molecule has 0 saturated carbocycles. The van der Waals surface area contributed by atoms with Gasteiger partial charge in [0.15, 0.2) is 0 Å². The highest BCUT2D eigenvalue weighted by Crippen LogP contribution is 2.14. The van der Waals surface area contributed by atoms with Crippen LogP contribution in [0, 0.1) is 33.6 Å². The van der Waals surface area contributed by atoms with Crippen LogP contribution in [0.1, 0.15) is 87.9 Å². The van der Waals surface area contributed by atoms with Gasteiger partial charge in [-0.2, -0.15) is 10.2 Å². The van der Waals surface area contributed by atoms with Crippen LogP contribution in [-0.4, -0.2) is 23.4 Å². The molecule has 1 aromatic carbocycles. The van der Waals surface area contributed by atoms with E-state index in [9.17, 15) is 0 Å². The van der Waals surface area contributed by atoms with Gasteiger partial charge < -0.3 is 10.5 Å². The highest BCUT2D eigenvalue weighted by atomic mass is 16.5. The lowest BCUT2D eigenvalue weighted by Crippen LogP contribution is -2.12. The van der Waals surface area contributed by atoms with Gasteiger partial charge in [0.25, 0.3) is 0 Å². The maximum Gasteiger partial charge on any atom is 0.0831 e. The van der Waals surface area contributed by atoms with E-state index in [0.717, 1.165) is 48.2 Å². The molecule has 3 rings (SSSR count). The molecule has 186 valence electrons. The number of anilines is 1. The molecule has 1 saturated heterocycles. The van der Waals surface area contributed by atoms with Crippen molar-refractivity contribution in [1.29, 1.82) is 0 Å². The molecule has 2 heterocycles. The van der Waals surface area contributed by atoms with Gasteiger partial charge in [-0.25, -0.2) is 0 Å². The maximum absolute atomic E-state index is 5.68. The van der Waals surface area contributed by atoms with Gasteiger partial charge in [0.05, 0.1) is 17.1 Å². The van der Waals surface area contributed by atoms with Gasteiger partial charge in [-0.05, 0) is 83.8 Å². The maximum atomic E-state index is 5.68. The lowest BCUT2D eigenvalue weighted by molar-refractivity contribution is 0.0716. The molecule has 0 bridgehead atoms. The molecule has 0 unspecified atom stereocenters. The molecule has 2 N–H and O–H groups in total. The molecular formula is C29H49N3O. The largest absolute Gasteiger partial charge is 0.397 e. The molecule has 1 aliphatic heterocycles. The summed E-state index contributed by atoms with van der Waals surface area (Å²) in [6.45, 7) is 22.3. The zero-order chi connectivity index (χ0) is 25.2. The van der Waals surface area contributed by atoms with Crippen molar-refractivity contribution < 1.29 is 4.74 Å². The summed E-state index contributed by atoms with van der Waals surface area (Å²) in [6.07, 6.45) is 7.46. The first-order valence-electron chi connectivity index (χ1n) is 12.5. The summed E-state index contributed by atoms with van der Waals surface area (Å²) in [5, 5.41) is 7.77. The van der Waals surface area contributed by atoms with Gasteiger partial charge in [0.1, 0.15) is 0 Å². The van der Waals surface area contributed by atoms with Crippen molar-refractivity contribution in [2.24, 2.45) is 5.92 Å². The molecule has 0 radical (unpaired) electrons. The number of aryl methyl sites for hydroxylation is 4. The Labute approximate surface area is 204 Å². The quantitative estimate of drug-likeness (QED) is 0.479. The predicted molar refractivity (Wildman–Crippen MR) is 145 cm³/mol. The number of ether oxygens (including phenoxy) is 1. The fourth-order valence-corrected chi connectivity index (χ4v) is 2.86. The average molecular weight is 456 g/mol. The number of hydrogen-bond donors (Lipinski definition) is 1. The van der Waals surface area contributed by atoms with Crippen molar-refractivity contribution in [3.05, 3.63) is 64.5 Å². The van der Waals surface area contributed by atoms with Crippen molar-refractivity contribution in [3.63, 3.8) is 0 Å². The number of benzene rings is 1. The second kappa shape index (κ2) is 18.3. The first-order chi connectivity index (χ1) is 15.6. The highest BCUT2D eigenvalue weighted by molar-refractivity contribution is 5.50. The predicted octanol–water partition coefficient (Wildman–Crippen LogP) is 7.73. The highest BCUT2D eigenvalue weighted by Gasteiger charge is 2.06. The topological polar surface area (TPSA) is 61.0 Å². The minimum Gasteiger partial charge on any atom is -0.397 e. The molecule has 1 aliphatic rings. The fraction of sp³-hybridized carbons (Fsp3) is 0.586. The standard InChI is InChI=1S/C9H12.C7H11N3.C7H14.C6H12O/c1-3-9-6-4-8(2)5-7-9;1-4-5(2)9-10-6(3)7(4)8;1-4-5-6-7(2)3;1-6-2-4-7-5-3-6/h4-7H,3H2,1-2H3;1-3H3,(H2,8,9);2,4-6H2,1,3H3;6H,2-5H2,1H3. The lowest BCUT2D eigenvalue weighted by Gasteiger charge is -2.16. The zero-order valence-electron chi connectivity index (χ0n) is 22.6. The van der Waals surface area contributed by atoms with Crippen molar-refractivity contribution in [3.8, 4) is 0 Å². The summed E-state index contributed by atoms with van der Waals surface area (Å²) in [7, 11) is 0. The van der Waals surface area contributed by atoms with Crippen LogP contribution in [-0.2, 0) is 11.2 Å². The normalized spacial score (nSPS) is 12.8. The summed E-state index contributed by atoms with van der Waals surface area (Å²) in [5.74, 6) is 0.911. The van der Waals surface area contributed by atoms with Gasteiger partial charge in [-0.15, -0.1) is 6.58 Å². The van der Waals surface area contributed by atoms with E-state index in [1.807, 2.05) is 20.8 Å². The summed E-state index contributed by atoms with van der Waals surface area (Å²) in [5.41, 5.74) is 13.3. The van der Waals surface area contributed by atoms with E-state index in [0.29, 0.717) is 0 Å². The molecule has 2 aromatic rings. The Morgan fingerprint density at radius 2 is 1.55 bits per heavy atom. The monoisotopic (exact) mass is 455 g/mol. The van der Waals surface area contributed by atoms with Gasteiger partial charge in [-0.3, -0.25) is 0 Å². The van der Waals surface area contributed by atoms with Crippen molar-refractivity contribution in [1.82, 2.24) is 10.2 Å². The van der Waals surface area contributed by atoms with E-state index in [-0.39, 0.29) is 0 Å². The Bertz CT molecular complexity index is 751. The molecule has 0 amide bonds. The number of rotatable bonds is 4. The SMILES string of the molecule is C=C(C)CCCC.CC1CCOCC1.CCc1ccc(C)cc1.Cc1nnc(C)c(N)c1C. The summed E-state index contributed by atoms with van der Waals surface area (Å²) >= 11 is 0. The van der Waals surface area contributed by atoms with Crippen LogP contribution < -0.4 is 5.73 Å². The number of nitrogens with zero attached hydrogens (tertiary/aromatic N) is 2. The number of allylic oxidation sites excluding steroid dienone is 1. The first kappa shape index (κ1) is 30.8. The van der Waals surface area contributed by atoms with Crippen molar-refractivity contribution in [2.75, 3.05) is 18.9 Å². The third kappa shape index (κ3) is 15.3. The second-order valence-corrected chi connectivity index (χ2v) is 9.10. The molecule has 4 heteroatoms. The van der Waals surface area contributed by atoms with Crippen LogP contribution in [0.15, 0.2) is 36.4 Å². The minimum atomic E-state index is 0.757. The Kier molecular flexibility index (Phi) is 17.0. The molecule has 0 aliphatic carbocycles. The molecule has 1 fully saturated rings. The molecular weight excluding hydrogens is 406 g/mol. The van der Waals surface area contributed by atoms with Gasteiger partial charge in [0.2, 0.25) is 0 Å². The molecule has 0 atom stereocenters. The second-order valence-electron chi connectivity index (χ2n) is 9.10. The fourth-order valence-electron chi connectivity index (χ4n) is 2.86. The smallest absolute Gasteiger partial charge is 0.0831 e. The van der Waals surface area contributed by atoms with E-state index in [2.05, 4.69) is 75.7 Å². The van der Waals surface area contributed by atoms with Crippen molar-refractivity contribution >= 4 is 5.69 Å². The Morgan fingerprint density at radius 3 is 1.91 bits per heavy atom. The molecule has 1 aromatic heterocycles. The first-order valence-corrected chi connectivity index (χ1v) is 12.5. The van der Waals surface area contributed by atoms with Crippen LogP contribution in [0.4, 0.5) is 5.69 Å². The van der Waals surface area contributed by atoms with E-state index < -0.39 is 0 Å². The number of nitrogen functional groups attached to an aromatic ring is 1. The zero-order valence-corrected chi connectivity index (χ0v) is 22.6. The third-order valence-corrected chi connectivity index (χ3v) is 5.68. The van der Waals surface area contributed by atoms with Crippen LogP contribution in [0.2, 0.25) is 0 Å². The number of aromatic nitrogens is 2. The Morgan fingerprint density at radius 1 is 1.00 bits per heavy atom. The third-order valence-electron chi connectivity index (χ3n) is 5.68. The van der Waals surface area contributed by atoms with Gasteiger partial charge in [0, 0.05) is 13.2 Å². The number of unbranched alkanes of at least 4 members (excludes halogenated alkanes) is 1. The van der Waals surface area contributed by atoms with E-state index in [1.54, 1.807) is 0 Å². The van der Waals surface area contributed by atoms with Crippen LogP contribution >= 0.6 is 0 Å². The average Bonchev–Trinajstić information content (AvgIpc) is 2.81. The van der Waals surface area contributed by atoms with Gasteiger partial charge >= 0.3 is 0 Å². The Balaban J connectivity index is 0.000000419. The van der Waals surface area contributed by atoms with E-state index in [4.69, 9.17) is 10.5 Å². The summed E-state index contributed by atoms with van der Waals surface area (Å²) < 4.78 is 5.14. The van der Waals surface area contributed by atoms with Crippen LogP contribution in [0.25, 0.3) is 0 Å². The van der Waals surface area contributed by atoms with E-state index >= 15 is 0 Å². The molecule has 0 spiro atoms. The van der Waals surface area contributed by atoms with Gasteiger partial charge in [-0.1, -0.05) is 62.6 Å². The van der Waals surface area contributed by atoms with Crippen molar-refractivity contribution in [2.45, 2.75) is 93.9 Å². The molecule has 4 nitrogen and oxygen atoms in total.